The average Bonchev–Trinajstić information content (AvgIpc) is 3.17. The predicted molar refractivity (Wildman–Crippen MR) is 93.9 cm³/mol. The van der Waals surface area contributed by atoms with Gasteiger partial charge in [-0.05, 0) is 38.4 Å². The van der Waals surface area contributed by atoms with Gasteiger partial charge in [0.2, 0.25) is 0 Å². The van der Waals surface area contributed by atoms with Crippen molar-refractivity contribution in [1.29, 1.82) is 0 Å². The number of imidazole rings is 1. The van der Waals surface area contributed by atoms with Crippen LogP contribution >= 0.6 is 0 Å². The van der Waals surface area contributed by atoms with Crippen LogP contribution in [-0.2, 0) is 13.6 Å². The standard InChI is InChI=1S/C18H24N6/c1-14-21-19-13-24(14)11-10-23-9-5-6-15(12-23)18-20-16-7-3-4-8-17(16)22(18)2/h3-4,7-8,13,15H,5-6,9-12H2,1-2H3/t15-/m1/s1. The van der Waals surface area contributed by atoms with Gasteiger partial charge in [0.15, 0.2) is 0 Å². The molecular formula is C18H24N6. The van der Waals surface area contributed by atoms with Gasteiger partial charge in [-0.15, -0.1) is 10.2 Å². The van der Waals surface area contributed by atoms with Gasteiger partial charge in [0.05, 0.1) is 11.0 Å². The molecule has 6 heteroatoms. The zero-order chi connectivity index (χ0) is 16.5. The Morgan fingerprint density at radius 2 is 2.08 bits per heavy atom. The summed E-state index contributed by atoms with van der Waals surface area (Å²) in [5, 5.41) is 8.02. The number of aryl methyl sites for hydroxylation is 2. The Hall–Kier alpha value is -2.21. The number of benzene rings is 1. The van der Waals surface area contributed by atoms with Crippen LogP contribution in [0.5, 0.6) is 0 Å². The molecule has 0 aliphatic carbocycles. The summed E-state index contributed by atoms with van der Waals surface area (Å²) in [4.78, 5) is 7.45. The highest BCUT2D eigenvalue weighted by atomic mass is 15.3. The molecule has 2 aromatic heterocycles. The summed E-state index contributed by atoms with van der Waals surface area (Å²) in [6.45, 7) is 6.25. The average molecular weight is 324 g/mol. The van der Waals surface area contributed by atoms with E-state index in [2.05, 4.69) is 55.5 Å². The van der Waals surface area contributed by atoms with Crippen molar-refractivity contribution in [3.05, 3.63) is 42.2 Å². The minimum absolute atomic E-state index is 0.512. The topological polar surface area (TPSA) is 51.8 Å². The molecule has 3 aromatic rings. The molecule has 1 fully saturated rings. The fourth-order valence-corrected chi connectivity index (χ4v) is 3.78. The molecule has 0 radical (unpaired) electrons. The molecule has 1 atom stereocenters. The molecule has 0 N–H and O–H groups in total. The molecule has 0 amide bonds. The lowest BCUT2D eigenvalue weighted by Gasteiger charge is -2.32. The molecule has 0 unspecified atom stereocenters. The summed E-state index contributed by atoms with van der Waals surface area (Å²) in [7, 11) is 2.14. The highest BCUT2D eigenvalue weighted by Gasteiger charge is 2.25. The monoisotopic (exact) mass is 324 g/mol. The van der Waals surface area contributed by atoms with Crippen LogP contribution < -0.4 is 0 Å². The van der Waals surface area contributed by atoms with Crippen LogP contribution in [0.3, 0.4) is 0 Å². The zero-order valence-electron chi connectivity index (χ0n) is 14.4. The van der Waals surface area contributed by atoms with Crippen molar-refractivity contribution < 1.29 is 0 Å². The van der Waals surface area contributed by atoms with Gasteiger partial charge in [-0.25, -0.2) is 4.98 Å². The number of hydrogen-bond acceptors (Lipinski definition) is 4. The molecule has 1 aliphatic rings. The fraction of sp³-hybridized carbons (Fsp3) is 0.500. The third kappa shape index (κ3) is 2.82. The van der Waals surface area contributed by atoms with Gasteiger partial charge in [0.1, 0.15) is 18.0 Å². The normalized spacial score (nSPS) is 19.2. The number of likely N-dealkylation sites (tertiary alicyclic amines) is 1. The molecule has 3 heterocycles. The Morgan fingerprint density at radius 1 is 1.21 bits per heavy atom. The van der Waals surface area contributed by atoms with Crippen molar-refractivity contribution in [1.82, 2.24) is 29.2 Å². The van der Waals surface area contributed by atoms with Crippen molar-refractivity contribution >= 4 is 11.0 Å². The van der Waals surface area contributed by atoms with E-state index in [4.69, 9.17) is 4.98 Å². The summed E-state index contributed by atoms with van der Waals surface area (Å²) in [5.74, 6) is 2.72. The maximum Gasteiger partial charge on any atom is 0.129 e. The maximum absolute atomic E-state index is 4.91. The first kappa shape index (κ1) is 15.3. The molecule has 1 saturated heterocycles. The fourth-order valence-electron chi connectivity index (χ4n) is 3.78. The quantitative estimate of drug-likeness (QED) is 0.739. The Labute approximate surface area is 142 Å². The number of aromatic nitrogens is 5. The van der Waals surface area contributed by atoms with E-state index >= 15 is 0 Å². The van der Waals surface area contributed by atoms with Crippen molar-refractivity contribution in [3.63, 3.8) is 0 Å². The number of hydrogen-bond donors (Lipinski definition) is 0. The first-order chi connectivity index (χ1) is 11.7. The van der Waals surface area contributed by atoms with Crippen LogP contribution in [0.15, 0.2) is 30.6 Å². The van der Waals surface area contributed by atoms with E-state index in [1.54, 1.807) is 0 Å². The Bertz CT molecular complexity index is 833. The summed E-state index contributed by atoms with van der Waals surface area (Å²) >= 11 is 0. The van der Waals surface area contributed by atoms with E-state index in [9.17, 15) is 0 Å². The van der Waals surface area contributed by atoms with Crippen molar-refractivity contribution in [2.45, 2.75) is 32.2 Å². The van der Waals surface area contributed by atoms with Crippen LogP contribution in [0.1, 0.15) is 30.4 Å². The Balaban J connectivity index is 1.48. The van der Waals surface area contributed by atoms with Gasteiger partial charge in [0, 0.05) is 32.6 Å². The predicted octanol–water partition coefficient (Wildman–Crippen LogP) is 2.35. The first-order valence-electron chi connectivity index (χ1n) is 8.70. The SMILES string of the molecule is Cc1nncn1CCN1CCC[C@@H](c2nc3ccccc3n2C)C1. The van der Waals surface area contributed by atoms with Gasteiger partial charge in [-0.1, -0.05) is 12.1 Å². The molecule has 4 rings (SSSR count). The Morgan fingerprint density at radius 3 is 2.88 bits per heavy atom. The molecule has 24 heavy (non-hydrogen) atoms. The molecular weight excluding hydrogens is 300 g/mol. The van der Waals surface area contributed by atoms with Gasteiger partial charge < -0.3 is 14.0 Å². The molecule has 0 bridgehead atoms. The highest BCUT2D eigenvalue weighted by molar-refractivity contribution is 5.75. The molecule has 1 aromatic carbocycles. The number of fused-ring (bicyclic) bond motifs is 1. The minimum atomic E-state index is 0.512. The maximum atomic E-state index is 4.91. The minimum Gasteiger partial charge on any atom is -0.331 e. The lowest BCUT2D eigenvalue weighted by Crippen LogP contribution is -2.37. The smallest absolute Gasteiger partial charge is 0.129 e. The molecule has 6 nitrogen and oxygen atoms in total. The summed E-state index contributed by atoms with van der Waals surface area (Å²) in [5.41, 5.74) is 2.33. The second-order valence-electron chi connectivity index (χ2n) is 6.73. The van der Waals surface area contributed by atoms with E-state index in [1.807, 2.05) is 13.3 Å². The van der Waals surface area contributed by atoms with Crippen LogP contribution in [0.4, 0.5) is 0 Å². The highest BCUT2D eigenvalue weighted by Crippen LogP contribution is 2.28. The molecule has 126 valence electrons. The van der Waals surface area contributed by atoms with Crippen molar-refractivity contribution in [2.75, 3.05) is 19.6 Å². The Kier molecular flexibility index (Phi) is 4.06. The second kappa shape index (κ2) is 6.36. The van der Waals surface area contributed by atoms with Crippen LogP contribution in [0.2, 0.25) is 0 Å². The van der Waals surface area contributed by atoms with E-state index in [1.165, 1.54) is 30.7 Å². The summed E-state index contributed by atoms with van der Waals surface area (Å²) in [6.07, 6.45) is 4.27. The third-order valence-corrected chi connectivity index (χ3v) is 5.16. The van der Waals surface area contributed by atoms with Gasteiger partial charge in [0.25, 0.3) is 0 Å². The van der Waals surface area contributed by atoms with E-state index < -0.39 is 0 Å². The number of rotatable bonds is 4. The molecule has 1 aliphatic heterocycles. The van der Waals surface area contributed by atoms with Gasteiger partial charge in [-0.2, -0.15) is 0 Å². The largest absolute Gasteiger partial charge is 0.331 e. The van der Waals surface area contributed by atoms with Crippen molar-refractivity contribution in [2.24, 2.45) is 7.05 Å². The number of piperidine rings is 1. The van der Waals surface area contributed by atoms with Gasteiger partial charge in [-0.3, -0.25) is 0 Å². The van der Waals surface area contributed by atoms with Crippen LogP contribution in [-0.4, -0.2) is 48.8 Å². The van der Waals surface area contributed by atoms with E-state index in [0.717, 1.165) is 31.0 Å². The summed E-state index contributed by atoms with van der Waals surface area (Å²) < 4.78 is 4.39. The van der Waals surface area contributed by atoms with E-state index in [-0.39, 0.29) is 0 Å². The van der Waals surface area contributed by atoms with Crippen molar-refractivity contribution in [3.8, 4) is 0 Å². The van der Waals surface area contributed by atoms with Crippen LogP contribution in [0, 0.1) is 6.92 Å². The molecule has 0 spiro atoms. The van der Waals surface area contributed by atoms with Gasteiger partial charge >= 0.3 is 0 Å². The first-order valence-corrected chi connectivity index (χ1v) is 8.70. The van der Waals surface area contributed by atoms with E-state index in [0.29, 0.717) is 5.92 Å². The lowest BCUT2D eigenvalue weighted by molar-refractivity contribution is 0.196. The number of nitrogens with zero attached hydrogens (tertiary/aromatic N) is 6. The summed E-state index contributed by atoms with van der Waals surface area (Å²) in [6, 6.07) is 8.41. The van der Waals surface area contributed by atoms with Crippen LogP contribution in [0.25, 0.3) is 11.0 Å². The second-order valence-corrected chi connectivity index (χ2v) is 6.73. The zero-order valence-corrected chi connectivity index (χ0v) is 14.4. The lowest BCUT2D eigenvalue weighted by atomic mass is 9.97. The number of para-hydroxylation sites is 2. The third-order valence-electron chi connectivity index (χ3n) is 5.16. The molecule has 0 saturated carbocycles.